The van der Waals surface area contributed by atoms with Crippen LogP contribution in [0, 0.1) is 0 Å². The Morgan fingerprint density at radius 3 is 1.25 bits per heavy atom. The minimum Gasteiger partial charge on any atom is -0.325 e. The molecule has 8 heavy (non-hydrogen) atoms. The first kappa shape index (κ1) is 8.30. The zero-order valence-electron chi connectivity index (χ0n) is 3.63. The van der Waals surface area contributed by atoms with E-state index in [0.29, 0.717) is 0 Å². The topological polar surface area (TPSA) is 121 Å². The highest BCUT2D eigenvalue weighted by Crippen LogP contribution is 2.68. The zero-order valence-corrected chi connectivity index (χ0v) is 5.42. The molecule has 0 bridgehead atoms. The van der Waals surface area contributed by atoms with Crippen molar-refractivity contribution in [1.82, 2.24) is 0 Å². The van der Waals surface area contributed by atoms with Gasteiger partial charge in [0, 0.05) is 0 Å². The molecule has 0 radical (unpaired) electrons. The van der Waals surface area contributed by atoms with E-state index in [9.17, 15) is 9.13 Å². The Bertz CT molecular complexity index is 139. The van der Waals surface area contributed by atoms with Gasteiger partial charge in [-0.2, -0.15) is 0 Å². The number of nitrogens with two attached hydrogens (primary N) is 1. The molecule has 5 N–H and O–H groups in total. The van der Waals surface area contributed by atoms with E-state index < -0.39 is 14.5 Å². The van der Waals surface area contributed by atoms with Crippen LogP contribution in [0.25, 0.3) is 0 Å². The lowest BCUT2D eigenvalue weighted by Crippen LogP contribution is -1.92. The van der Waals surface area contributed by atoms with Crippen LogP contribution in [-0.2, 0) is 9.13 Å². The molecule has 0 rings (SSSR count). The summed E-state index contributed by atoms with van der Waals surface area (Å²) < 4.78 is 19.5. The third-order valence-corrected chi connectivity index (χ3v) is 3.36. The Kier molecular flexibility index (Phi) is 1.99. The van der Waals surface area contributed by atoms with E-state index in [0.717, 1.165) is 0 Å². The van der Waals surface area contributed by atoms with Crippen LogP contribution in [0.5, 0.6) is 0 Å². The van der Waals surface area contributed by atoms with Gasteiger partial charge in [-0.05, 0) is 0 Å². The lowest BCUT2D eigenvalue weighted by Gasteiger charge is -2.04. The quantitative estimate of drug-likeness (QED) is 0.374. The summed E-state index contributed by atoms with van der Waals surface area (Å²) in [6.45, 7) is 0. The predicted octanol–water partition coefficient (Wildman–Crippen LogP) is -0.777. The molecule has 0 saturated heterocycles. The van der Waals surface area contributed by atoms with Crippen molar-refractivity contribution in [3.05, 3.63) is 0 Å². The number of hydrogen-bond donors (Lipinski definition) is 4. The van der Waals surface area contributed by atoms with Crippen LogP contribution in [-0.4, -0.2) is 14.7 Å². The molecule has 1 atom stereocenters. The molecule has 0 amide bonds. The van der Waals surface area contributed by atoms with Crippen molar-refractivity contribution >= 4 is 14.5 Å². The van der Waals surface area contributed by atoms with E-state index in [2.05, 4.69) is 5.50 Å². The maximum atomic E-state index is 9.81. The van der Waals surface area contributed by atoms with Crippen molar-refractivity contribution in [3.8, 4) is 0 Å². The highest BCUT2D eigenvalue weighted by Gasteiger charge is 2.35. The van der Waals surface area contributed by atoms with Gasteiger partial charge in [0.05, 0.1) is 0 Å². The molecule has 6 nitrogen and oxygen atoms in total. The van der Waals surface area contributed by atoms with Gasteiger partial charge in [0.2, 0.25) is 0 Å². The Morgan fingerprint density at radius 2 is 1.25 bits per heavy atom. The lowest BCUT2D eigenvalue weighted by molar-refractivity contribution is 0.377. The Balaban J connectivity index is 4.53. The molecule has 8 heteroatoms. The van der Waals surface area contributed by atoms with Gasteiger partial charge < -0.3 is 14.7 Å². The van der Waals surface area contributed by atoms with Crippen molar-refractivity contribution in [1.29, 1.82) is 0 Å². The maximum absolute atomic E-state index is 9.81. The summed E-state index contributed by atoms with van der Waals surface area (Å²) in [6, 6.07) is 0. The summed E-state index contributed by atoms with van der Waals surface area (Å²) in [5.41, 5.74) is 4.16. The van der Waals surface area contributed by atoms with E-state index in [1.807, 2.05) is 0 Å². The van der Waals surface area contributed by atoms with Crippen molar-refractivity contribution in [2.24, 2.45) is 5.50 Å². The highest BCUT2D eigenvalue weighted by atomic mass is 32.1. The van der Waals surface area contributed by atoms with E-state index >= 15 is 0 Å². The van der Waals surface area contributed by atoms with E-state index in [1.54, 1.807) is 0 Å². The molecule has 50 valence electrons. The van der Waals surface area contributed by atoms with Crippen molar-refractivity contribution in [2.75, 3.05) is 0 Å². The van der Waals surface area contributed by atoms with Crippen LogP contribution in [0.15, 0.2) is 0 Å². The zero-order chi connectivity index (χ0) is 7.00. The lowest BCUT2D eigenvalue weighted by atomic mass is 13.9. The van der Waals surface area contributed by atoms with Gasteiger partial charge >= 0.3 is 14.5 Å². The third-order valence-electron chi connectivity index (χ3n) is 0.373. The fourth-order valence-corrected chi connectivity index (χ4v) is 0. The second-order valence-corrected chi connectivity index (χ2v) is 6.59. The van der Waals surface area contributed by atoms with Gasteiger partial charge in [0.15, 0.2) is 0 Å². The molecule has 0 aliphatic rings. The molecule has 0 aromatic heterocycles. The normalized spacial score (nSPS) is 20.0. The summed E-state index contributed by atoms with van der Waals surface area (Å²) in [5.74, 6) is 0. The molecule has 0 aliphatic carbocycles. The standard InChI is InChI=1S/H5NO5P2/c1-7(2,3)8(4,5)6/h(H3,1,2,3)(H2,4,5,6). The molecule has 0 saturated carbocycles. The second-order valence-electron chi connectivity index (χ2n) is 1.10. The fourth-order valence-electron chi connectivity index (χ4n) is 0. The maximum Gasteiger partial charge on any atom is 0.422 e. The van der Waals surface area contributed by atoms with Gasteiger partial charge in [-0.1, -0.05) is 0 Å². The molecule has 0 fully saturated rings. The van der Waals surface area contributed by atoms with Gasteiger partial charge in [0.1, 0.15) is 0 Å². The average molecular weight is 161 g/mol. The van der Waals surface area contributed by atoms with Crippen LogP contribution in [0.3, 0.4) is 0 Å². The van der Waals surface area contributed by atoms with Gasteiger partial charge in [0.25, 0.3) is 0 Å². The molecule has 0 aromatic carbocycles. The fraction of sp³-hybridized carbons (Fsp3) is 0. The smallest absolute Gasteiger partial charge is 0.325 e. The van der Waals surface area contributed by atoms with Crippen LogP contribution in [0.1, 0.15) is 0 Å². The van der Waals surface area contributed by atoms with E-state index in [-0.39, 0.29) is 0 Å². The third kappa shape index (κ3) is 2.05. The molecular weight excluding hydrogens is 156 g/mol. The molecule has 0 spiro atoms. The van der Waals surface area contributed by atoms with Gasteiger partial charge in [-0.25, -0.2) is 10.1 Å². The number of rotatable bonds is 1. The second kappa shape index (κ2) is 1.92. The highest BCUT2D eigenvalue weighted by molar-refractivity contribution is 8.27. The van der Waals surface area contributed by atoms with Crippen molar-refractivity contribution in [2.45, 2.75) is 0 Å². The van der Waals surface area contributed by atoms with Crippen LogP contribution < -0.4 is 5.50 Å². The Labute approximate surface area is 44.9 Å². The minimum atomic E-state index is -4.96. The van der Waals surface area contributed by atoms with Crippen molar-refractivity contribution < 1.29 is 23.8 Å². The summed E-state index contributed by atoms with van der Waals surface area (Å²) in [7, 11) is -9.64. The van der Waals surface area contributed by atoms with Crippen LogP contribution >= 0.6 is 14.5 Å². The monoisotopic (exact) mass is 161 g/mol. The van der Waals surface area contributed by atoms with Crippen LogP contribution in [0.2, 0.25) is 0 Å². The molecule has 1 unspecified atom stereocenters. The summed E-state index contributed by atoms with van der Waals surface area (Å²) in [4.78, 5) is 23.6. The number of hydrogen-bond acceptors (Lipinski definition) is 2. The molecular formula is H5NO5P2. The Hall–Kier alpha value is 0.300. The van der Waals surface area contributed by atoms with E-state index in [4.69, 9.17) is 14.7 Å². The van der Waals surface area contributed by atoms with Crippen LogP contribution in [0.4, 0.5) is 0 Å². The average Bonchev–Trinajstić information content (AvgIpc) is 1.25. The molecule has 0 aliphatic heterocycles. The Morgan fingerprint density at radius 1 is 1.12 bits per heavy atom. The summed E-state index contributed by atoms with van der Waals surface area (Å²) in [5, 5.41) is 0. The molecule has 0 heterocycles. The van der Waals surface area contributed by atoms with Gasteiger partial charge in [-0.3, -0.25) is 4.57 Å². The first-order valence-electron chi connectivity index (χ1n) is 1.42. The SMILES string of the molecule is NP(=O)(O)P(=O)(O)O. The minimum absolute atomic E-state index is 4.16. The predicted molar refractivity (Wildman–Crippen MR) is 26.1 cm³/mol. The van der Waals surface area contributed by atoms with E-state index in [1.165, 1.54) is 0 Å². The first-order valence-corrected chi connectivity index (χ1v) is 5.47. The summed E-state index contributed by atoms with van der Waals surface area (Å²) in [6.07, 6.45) is 0. The first-order chi connectivity index (χ1) is 3.25. The van der Waals surface area contributed by atoms with Gasteiger partial charge in [-0.15, -0.1) is 0 Å². The van der Waals surface area contributed by atoms with Crippen molar-refractivity contribution in [3.63, 3.8) is 0 Å². The molecule has 0 aromatic rings. The summed E-state index contributed by atoms with van der Waals surface area (Å²) >= 11 is 0. The largest absolute Gasteiger partial charge is 0.422 e.